The Morgan fingerprint density at radius 1 is 1.21 bits per heavy atom. The summed E-state index contributed by atoms with van der Waals surface area (Å²) in [5, 5.41) is 14.2. The van der Waals surface area contributed by atoms with E-state index < -0.39 is 16.1 Å². The van der Waals surface area contributed by atoms with Gasteiger partial charge in [0, 0.05) is 16.3 Å². The molecule has 0 aliphatic rings. The van der Waals surface area contributed by atoms with Gasteiger partial charge in [0.25, 0.3) is 0 Å². The number of nitrogens with one attached hydrogen (secondary N) is 1. The Balaban J connectivity index is 1.66. The van der Waals surface area contributed by atoms with Gasteiger partial charge in [-0.1, -0.05) is 6.92 Å². The molecule has 1 unspecified atom stereocenters. The Morgan fingerprint density at radius 3 is 2.71 bits per heavy atom. The third kappa shape index (κ3) is 5.01. The van der Waals surface area contributed by atoms with Crippen molar-refractivity contribution >= 4 is 32.7 Å². The van der Waals surface area contributed by atoms with E-state index in [1.54, 1.807) is 18.2 Å². The summed E-state index contributed by atoms with van der Waals surface area (Å²) >= 11 is 2.93. The van der Waals surface area contributed by atoms with Gasteiger partial charge in [-0.25, -0.2) is 13.1 Å². The molecular weight excluding hydrogens is 414 g/mol. The van der Waals surface area contributed by atoms with Gasteiger partial charge in [-0.05, 0) is 71.6 Å². The first-order chi connectivity index (χ1) is 13.4. The van der Waals surface area contributed by atoms with Crippen LogP contribution in [0.1, 0.15) is 40.3 Å². The number of aliphatic hydroxyl groups is 1. The normalized spacial score (nSPS) is 12.8. The molecule has 3 aromatic rings. The minimum atomic E-state index is -3.63. The van der Waals surface area contributed by atoms with Crippen molar-refractivity contribution in [3.8, 4) is 5.75 Å². The first-order valence-corrected chi connectivity index (χ1v) is 12.2. The maximum absolute atomic E-state index is 12.6. The predicted molar refractivity (Wildman–Crippen MR) is 114 cm³/mol. The number of sulfonamides is 1. The van der Waals surface area contributed by atoms with Crippen molar-refractivity contribution in [2.24, 2.45) is 0 Å². The van der Waals surface area contributed by atoms with Crippen molar-refractivity contribution in [2.75, 3.05) is 6.61 Å². The summed E-state index contributed by atoms with van der Waals surface area (Å²) in [6, 6.07) is 10.4. The summed E-state index contributed by atoms with van der Waals surface area (Å²) in [5.41, 5.74) is 1.63. The Morgan fingerprint density at radius 2 is 2.04 bits per heavy atom. The van der Waals surface area contributed by atoms with E-state index in [1.165, 1.54) is 22.7 Å². The van der Waals surface area contributed by atoms with Crippen LogP contribution in [0.2, 0.25) is 0 Å². The first-order valence-electron chi connectivity index (χ1n) is 8.92. The van der Waals surface area contributed by atoms with E-state index in [0.29, 0.717) is 12.4 Å². The van der Waals surface area contributed by atoms with Crippen molar-refractivity contribution in [3.05, 3.63) is 68.0 Å². The van der Waals surface area contributed by atoms with Gasteiger partial charge in [-0.15, -0.1) is 11.3 Å². The molecule has 0 spiro atoms. The predicted octanol–water partition coefficient (Wildman–Crippen LogP) is 4.47. The number of aliphatic hydroxyl groups excluding tert-OH is 1. The van der Waals surface area contributed by atoms with Crippen LogP contribution in [0.25, 0.3) is 0 Å². The SMILES string of the molecule is CCCOc1ccc(S(=O)(=O)NCc2ccc(C(O)c3ccsc3)s2)cc1C. The van der Waals surface area contributed by atoms with Crippen LogP contribution in [0.4, 0.5) is 0 Å². The van der Waals surface area contributed by atoms with E-state index in [0.717, 1.165) is 27.3 Å². The Labute approximate surface area is 173 Å². The minimum absolute atomic E-state index is 0.177. The molecule has 0 aliphatic heterocycles. The van der Waals surface area contributed by atoms with Gasteiger partial charge in [-0.2, -0.15) is 11.3 Å². The maximum Gasteiger partial charge on any atom is 0.240 e. The molecule has 1 aromatic carbocycles. The van der Waals surface area contributed by atoms with Crippen LogP contribution in [-0.2, 0) is 16.6 Å². The fraction of sp³-hybridized carbons (Fsp3) is 0.300. The molecular formula is C20H23NO4S3. The van der Waals surface area contributed by atoms with Crippen LogP contribution in [0.15, 0.2) is 52.1 Å². The average Bonchev–Trinajstić information content (AvgIpc) is 3.37. The standard InChI is InChI=1S/C20H23NO4S3/c1-3-9-25-18-6-5-17(11-14(18)2)28(23,24)21-12-16-4-7-19(27-16)20(22)15-8-10-26-13-15/h4-8,10-11,13,20-22H,3,9,12H2,1-2H3. The second-order valence-corrected chi connectivity index (χ2v) is 10.1. The van der Waals surface area contributed by atoms with Gasteiger partial charge in [0.2, 0.25) is 10.0 Å². The van der Waals surface area contributed by atoms with Gasteiger partial charge in [0.1, 0.15) is 11.9 Å². The van der Waals surface area contributed by atoms with Gasteiger partial charge < -0.3 is 9.84 Å². The van der Waals surface area contributed by atoms with Crippen LogP contribution < -0.4 is 9.46 Å². The number of hydrogen-bond acceptors (Lipinski definition) is 6. The molecule has 0 radical (unpaired) electrons. The molecule has 2 aromatic heterocycles. The molecule has 3 rings (SSSR count). The minimum Gasteiger partial charge on any atom is -0.493 e. The molecule has 0 saturated heterocycles. The van der Waals surface area contributed by atoms with Crippen molar-refractivity contribution < 1.29 is 18.3 Å². The molecule has 0 bridgehead atoms. The highest BCUT2D eigenvalue weighted by Gasteiger charge is 2.17. The second-order valence-electron chi connectivity index (χ2n) is 6.36. The summed E-state index contributed by atoms with van der Waals surface area (Å²) < 4.78 is 33.5. The molecule has 2 N–H and O–H groups in total. The molecule has 28 heavy (non-hydrogen) atoms. The van der Waals surface area contributed by atoms with E-state index in [1.807, 2.05) is 42.8 Å². The molecule has 5 nitrogen and oxygen atoms in total. The Hall–Kier alpha value is -1.71. The molecule has 0 saturated carbocycles. The smallest absolute Gasteiger partial charge is 0.240 e. The lowest BCUT2D eigenvalue weighted by Gasteiger charge is -2.11. The monoisotopic (exact) mass is 437 g/mol. The number of benzene rings is 1. The lowest BCUT2D eigenvalue weighted by Crippen LogP contribution is -2.22. The van der Waals surface area contributed by atoms with Crippen molar-refractivity contribution in [1.29, 1.82) is 0 Å². The summed E-state index contributed by atoms with van der Waals surface area (Å²) in [5.74, 6) is 0.700. The number of hydrogen-bond donors (Lipinski definition) is 2. The molecule has 150 valence electrons. The van der Waals surface area contributed by atoms with Crippen LogP contribution in [-0.4, -0.2) is 20.1 Å². The number of rotatable bonds is 9. The van der Waals surface area contributed by atoms with Gasteiger partial charge >= 0.3 is 0 Å². The molecule has 8 heteroatoms. The molecule has 1 atom stereocenters. The number of ether oxygens (including phenoxy) is 1. The van der Waals surface area contributed by atoms with Crippen LogP contribution in [0, 0.1) is 6.92 Å². The molecule has 2 heterocycles. The highest BCUT2D eigenvalue weighted by Crippen LogP contribution is 2.30. The third-order valence-corrected chi connectivity index (χ3v) is 7.40. The van der Waals surface area contributed by atoms with Crippen molar-refractivity contribution in [2.45, 2.75) is 37.8 Å². The summed E-state index contributed by atoms with van der Waals surface area (Å²) in [7, 11) is -3.63. The second kappa shape index (κ2) is 9.19. The average molecular weight is 438 g/mol. The quantitative estimate of drug-likeness (QED) is 0.518. The Kier molecular flexibility index (Phi) is 6.90. The lowest BCUT2D eigenvalue weighted by atomic mass is 10.2. The highest BCUT2D eigenvalue weighted by molar-refractivity contribution is 7.89. The zero-order valence-electron chi connectivity index (χ0n) is 15.7. The molecule has 0 fully saturated rings. The van der Waals surface area contributed by atoms with E-state index in [2.05, 4.69) is 4.72 Å². The zero-order valence-corrected chi connectivity index (χ0v) is 18.2. The fourth-order valence-corrected chi connectivity index (χ4v) is 5.47. The largest absolute Gasteiger partial charge is 0.493 e. The maximum atomic E-state index is 12.6. The van der Waals surface area contributed by atoms with Crippen LogP contribution >= 0.6 is 22.7 Å². The summed E-state index contributed by atoms with van der Waals surface area (Å²) in [6.45, 7) is 4.63. The van der Waals surface area contributed by atoms with Crippen molar-refractivity contribution in [3.63, 3.8) is 0 Å². The van der Waals surface area contributed by atoms with E-state index >= 15 is 0 Å². The fourth-order valence-electron chi connectivity index (χ4n) is 2.64. The van der Waals surface area contributed by atoms with Crippen LogP contribution in [0.5, 0.6) is 5.75 Å². The van der Waals surface area contributed by atoms with Gasteiger partial charge in [0.15, 0.2) is 0 Å². The zero-order chi connectivity index (χ0) is 20.1. The van der Waals surface area contributed by atoms with Gasteiger partial charge in [0.05, 0.1) is 11.5 Å². The number of thiophene rings is 2. The molecule has 0 amide bonds. The molecule has 0 aliphatic carbocycles. The van der Waals surface area contributed by atoms with E-state index in [-0.39, 0.29) is 11.4 Å². The topological polar surface area (TPSA) is 75.6 Å². The number of aryl methyl sites for hydroxylation is 1. The van der Waals surface area contributed by atoms with E-state index in [9.17, 15) is 13.5 Å². The summed E-state index contributed by atoms with van der Waals surface area (Å²) in [6.07, 6.45) is 0.213. The first kappa shape index (κ1) is 21.0. The lowest BCUT2D eigenvalue weighted by molar-refractivity contribution is 0.224. The summed E-state index contributed by atoms with van der Waals surface area (Å²) in [4.78, 5) is 1.84. The Bertz CT molecular complexity index is 1010. The van der Waals surface area contributed by atoms with Crippen molar-refractivity contribution in [1.82, 2.24) is 4.72 Å². The van der Waals surface area contributed by atoms with Crippen LogP contribution in [0.3, 0.4) is 0 Å². The van der Waals surface area contributed by atoms with Gasteiger partial charge in [-0.3, -0.25) is 0 Å². The van der Waals surface area contributed by atoms with E-state index in [4.69, 9.17) is 4.74 Å². The third-order valence-electron chi connectivity index (χ3n) is 4.17. The highest BCUT2D eigenvalue weighted by atomic mass is 32.2.